The summed E-state index contributed by atoms with van der Waals surface area (Å²) in [5.41, 5.74) is 11.2. The molecule has 230 valence electrons. The number of aromatic nitrogens is 3. The quantitative estimate of drug-likeness (QED) is 0.184. The molecule has 0 amide bonds. The molecule has 0 atom stereocenters. The summed E-state index contributed by atoms with van der Waals surface area (Å²) in [6.07, 6.45) is 0. The Bertz CT molecular complexity index is 2580. The molecular weight excluding hydrogens is 599 g/mol. The summed E-state index contributed by atoms with van der Waals surface area (Å²) in [7, 11) is 0. The first-order valence-electron chi connectivity index (χ1n) is 16.4. The van der Waals surface area contributed by atoms with Crippen LogP contribution in [0.1, 0.15) is 0 Å². The van der Waals surface area contributed by atoms with Crippen molar-refractivity contribution in [3.8, 4) is 67.5 Å². The summed E-state index contributed by atoms with van der Waals surface area (Å²) < 4.78 is 6.42. The second-order valence-corrected chi connectivity index (χ2v) is 12.1. The first-order chi connectivity index (χ1) is 24.3. The predicted octanol–water partition coefficient (Wildman–Crippen LogP) is 11.8. The van der Waals surface area contributed by atoms with E-state index in [2.05, 4.69) is 121 Å². The van der Waals surface area contributed by atoms with Crippen molar-refractivity contribution in [3.05, 3.63) is 176 Å². The van der Waals surface area contributed by atoms with Crippen molar-refractivity contribution in [1.29, 1.82) is 0 Å². The topological polar surface area (TPSA) is 51.8 Å². The van der Waals surface area contributed by atoms with Crippen molar-refractivity contribution in [1.82, 2.24) is 15.0 Å². The molecule has 4 heteroatoms. The number of hydrogen-bond donors (Lipinski definition) is 0. The molecule has 0 radical (unpaired) electrons. The molecule has 4 nitrogen and oxygen atoms in total. The molecule has 0 aliphatic heterocycles. The van der Waals surface area contributed by atoms with Gasteiger partial charge in [-0.15, -0.1) is 0 Å². The Morgan fingerprint density at radius 2 is 0.796 bits per heavy atom. The van der Waals surface area contributed by atoms with Gasteiger partial charge in [-0.05, 0) is 57.6 Å². The first-order valence-corrected chi connectivity index (χ1v) is 16.4. The van der Waals surface area contributed by atoms with Crippen LogP contribution >= 0.6 is 0 Å². The molecular formula is C45H29N3O. The third kappa shape index (κ3) is 5.45. The maximum Gasteiger partial charge on any atom is 0.164 e. The lowest BCUT2D eigenvalue weighted by Gasteiger charge is -2.11. The highest BCUT2D eigenvalue weighted by atomic mass is 16.3. The molecule has 0 unspecified atom stereocenters. The number of fused-ring (bicyclic) bond motifs is 3. The summed E-state index contributed by atoms with van der Waals surface area (Å²) in [6.45, 7) is 0. The Morgan fingerprint density at radius 1 is 0.306 bits per heavy atom. The van der Waals surface area contributed by atoms with E-state index < -0.39 is 0 Å². The van der Waals surface area contributed by atoms with Gasteiger partial charge in [-0.2, -0.15) is 0 Å². The minimum atomic E-state index is 0.617. The van der Waals surface area contributed by atoms with Crippen LogP contribution in [0.2, 0.25) is 0 Å². The number of para-hydroxylation sites is 1. The summed E-state index contributed by atoms with van der Waals surface area (Å²) in [4.78, 5) is 15.0. The minimum absolute atomic E-state index is 0.617. The van der Waals surface area contributed by atoms with E-state index in [0.717, 1.165) is 66.4 Å². The summed E-state index contributed by atoms with van der Waals surface area (Å²) in [6, 6.07) is 60.4. The van der Waals surface area contributed by atoms with Gasteiger partial charge in [0.1, 0.15) is 11.2 Å². The fraction of sp³-hybridized carbons (Fsp3) is 0. The van der Waals surface area contributed by atoms with E-state index in [1.165, 1.54) is 5.56 Å². The molecule has 9 aromatic rings. The van der Waals surface area contributed by atoms with Gasteiger partial charge in [0.2, 0.25) is 0 Å². The Hall–Kier alpha value is -6.65. The van der Waals surface area contributed by atoms with Crippen molar-refractivity contribution in [2.45, 2.75) is 0 Å². The van der Waals surface area contributed by atoms with Crippen molar-refractivity contribution < 1.29 is 4.42 Å². The van der Waals surface area contributed by atoms with Crippen LogP contribution in [0.15, 0.2) is 180 Å². The molecule has 0 saturated heterocycles. The van der Waals surface area contributed by atoms with Gasteiger partial charge in [0.15, 0.2) is 17.5 Å². The number of nitrogens with zero attached hydrogens (tertiary/aromatic N) is 3. The molecule has 0 saturated carbocycles. The molecule has 0 aliphatic rings. The van der Waals surface area contributed by atoms with Gasteiger partial charge in [-0.1, -0.05) is 152 Å². The molecule has 2 heterocycles. The van der Waals surface area contributed by atoms with Crippen LogP contribution in [0.4, 0.5) is 0 Å². The van der Waals surface area contributed by atoms with Gasteiger partial charge in [0.25, 0.3) is 0 Å². The fourth-order valence-corrected chi connectivity index (χ4v) is 6.50. The standard InChI is InChI=1S/C45H29N3O/c1-4-13-30(14-5-1)31-23-25-34(26-24-31)44-46-43(33-17-8-3-9-18-33)47-45(48-44)36-20-12-19-35(27-36)37-28-39(32-15-6-2-7-16-32)42-38-21-10-11-22-40(38)49-41(42)29-37/h1-29H. The monoisotopic (exact) mass is 627 g/mol. The number of benzene rings is 7. The molecule has 0 bridgehead atoms. The second kappa shape index (κ2) is 12.2. The van der Waals surface area contributed by atoms with Crippen LogP contribution in [0.5, 0.6) is 0 Å². The lowest BCUT2D eigenvalue weighted by Crippen LogP contribution is -2.00. The van der Waals surface area contributed by atoms with Gasteiger partial charge in [-0.25, -0.2) is 15.0 Å². The second-order valence-electron chi connectivity index (χ2n) is 12.1. The van der Waals surface area contributed by atoms with Gasteiger partial charge >= 0.3 is 0 Å². The van der Waals surface area contributed by atoms with Gasteiger partial charge in [-0.3, -0.25) is 0 Å². The first kappa shape index (κ1) is 28.6. The van der Waals surface area contributed by atoms with Gasteiger partial charge in [0.05, 0.1) is 0 Å². The maximum atomic E-state index is 6.42. The van der Waals surface area contributed by atoms with E-state index in [1.54, 1.807) is 0 Å². The molecule has 0 N–H and O–H groups in total. The van der Waals surface area contributed by atoms with Gasteiger partial charge < -0.3 is 4.42 Å². The molecule has 2 aromatic heterocycles. The molecule has 0 aliphatic carbocycles. The molecule has 0 spiro atoms. The van der Waals surface area contributed by atoms with Crippen LogP contribution in [-0.2, 0) is 0 Å². The zero-order chi connectivity index (χ0) is 32.6. The maximum absolute atomic E-state index is 6.42. The van der Waals surface area contributed by atoms with E-state index in [9.17, 15) is 0 Å². The normalized spacial score (nSPS) is 11.3. The highest BCUT2D eigenvalue weighted by molar-refractivity contribution is 6.13. The number of hydrogen-bond acceptors (Lipinski definition) is 4. The van der Waals surface area contributed by atoms with Crippen molar-refractivity contribution >= 4 is 21.9 Å². The number of furan rings is 1. The van der Waals surface area contributed by atoms with E-state index in [-0.39, 0.29) is 0 Å². The largest absolute Gasteiger partial charge is 0.456 e. The molecule has 49 heavy (non-hydrogen) atoms. The molecule has 9 rings (SSSR count). The van der Waals surface area contributed by atoms with Crippen LogP contribution in [0, 0.1) is 0 Å². The Labute approximate surface area is 284 Å². The van der Waals surface area contributed by atoms with E-state index in [0.29, 0.717) is 17.5 Å². The Balaban J connectivity index is 1.17. The third-order valence-corrected chi connectivity index (χ3v) is 8.94. The van der Waals surface area contributed by atoms with E-state index in [4.69, 9.17) is 19.4 Å². The van der Waals surface area contributed by atoms with Crippen LogP contribution in [0.25, 0.3) is 89.5 Å². The average Bonchev–Trinajstić information content (AvgIpc) is 3.57. The van der Waals surface area contributed by atoms with Crippen LogP contribution in [0.3, 0.4) is 0 Å². The summed E-state index contributed by atoms with van der Waals surface area (Å²) in [5, 5.41) is 2.23. The van der Waals surface area contributed by atoms with Gasteiger partial charge in [0, 0.05) is 27.5 Å². The summed E-state index contributed by atoms with van der Waals surface area (Å²) >= 11 is 0. The van der Waals surface area contributed by atoms with E-state index >= 15 is 0 Å². The smallest absolute Gasteiger partial charge is 0.164 e. The molecule has 7 aromatic carbocycles. The van der Waals surface area contributed by atoms with Crippen molar-refractivity contribution in [2.75, 3.05) is 0 Å². The van der Waals surface area contributed by atoms with Crippen LogP contribution < -0.4 is 0 Å². The number of rotatable bonds is 6. The highest BCUT2D eigenvalue weighted by Gasteiger charge is 2.17. The lowest BCUT2D eigenvalue weighted by molar-refractivity contribution is 0.669. The lowest BCUT2D eigenvalue weighted by atomic mass is 9.94. The van der Waals surface area contributed by atoms with Crippen LogP contribution in [-0.4, -0.2) is 15.0 Å². The zero-order valence-corrected chi connectivity index (χ0v) is 26.5. The third-order valence-electron chi connectivity index (χ3n) is 8.94. The average molecular weight is 628 g/mol. The Morgan fingerprint density at radius 3 is 1.49 bits per heavy atom. The summed E-state index contributed by atoms with van der Waals surface area (Å²) in [5.74, 6) is 1.88. The molecule has 0 fully saturated rings. The minimum Gasteiger partial charge on any atom is -0.456 e. The van der Waals surface area contributed by atoms with E-state index in [1.807, 2.05) is 54.6 Å². The highest BCUT2D eigenvalue weighted by Crippen LogP contribution is 2.40. The zero-order valence-electron chi connectivity index (χ0n) is 26.5. The fourth-order valence-electron chi connectivity index (χ4n) is 6.50. The van der Waals surface area contributed by atoms with Crippen molar-refractivity contribution in [2.24, 2.45) is 0 Å². The Kier molecular flexibility index (Phi) is 7.10. The predicted molar refractivity (Wildman–Crippen MR) is 200 cm³/mol. The van der Waals surface area contributed by atoms with Crippen molar-refractivity contribution in [3.63, 3.8) is 0 Å². The SMILES string of the molecule is c1ccc(-c2ccc(-c3nc(-c4ccccc4)nc(-c4cccc(-c5cc(-c6ccccc6)c6c(c5)oc5ccccc56)c4)n3)cc2)cc1.